The quantitative estimate of drug-likeness (QED) is 0.302. The molecule has 0 spiro atoms. The van der Waals surface area contributed by atoms with Gasteiger partial charge in [0.25, 0.3) is 0 Å². The van der Waals surface area contributed by atoms with Crippen molar-refractivity contribution >= 4 is 0 Å². The first-order valence-electron chi connectivity index (χ1n) is 12.7. The predicted molar refractivity (Wildman–Crippen MR) is 126 cm³/mol. The molecule has 1 rings (SSSR count). The van der Waals surface area contributed by atoms with Crippen molar-refractivity contribution in [1.29, 1.82) is 0 Å². The number of quaternary nitrogens is 1. The zero-order valence-corrected chi connectivity index (χ0v) is 20.5. The Morgan fingerprint density at radius 1 is 0.552 bits per heavy atom. The number of hydrogen-bond acceptors (Lipinski definition) is 0. The first kappa shape index (κ1) is 28.5. The minimum atomic E-state index is 0. The fourth-order valence-electron chi connectivity index (χ4n) is 4.05. The van der Waals surface area contributed by atoms with Gasteiger partial charge in [0.1, 0.15) is 0 Å². The van der Waals surface area contributed by atoms with Crippen LogP contribution in [0.4, 0.5) is 0 Å². The average molecular weight is 424 g/mol. The topological polar surface area (TPSA) is 4.44 Å². The highest BCUT2D eigenvalue weighted by Gasteiger charge is 1.98. The van der Waals surface area contributed by atoms with Gasteiger partial charge in [-0.15, -0.1) is 0 Å². The highest BCUT2D eigenvalue weighted by atomic mass is 35.5. The normalized spacial score (nSPS) is 11.9. The molecule has 0 radical (unpaired) electrons. The zero-order chi connectivity index (χ0) is 20.1. The molecule has 29 heavy (non-hydrogen) atoms. The van der Waals surface area contributed by atoms with Gasteiger partial charge in [-0.25, -0.2) is 0 Å². The fourth-order valence-corrected chi connectivity index (χ4v) is 4.05. The molecule has 1 atom stereocenters. The lowest BCUT2D eigenvalue weighted by Crippen LogP contribution is -3.08. The Morgan fingerprint density at radius 2 is 0.931 bits per heavy atom. The molecule has 0 bridgehead atoms. The number of rotatable bonds is 20. The standard InChI is InChI=1S/C27H49N.ClH/c1-3-28(2)26-22-17-15-13-11-9-7-5-4-6-8-10-12-14-16-19-23-27-24-20-18-21-25-27;/h18,20-21,24-25H,3-17,19,22-23,26H2,1-2H3;1H. The summed E-state index contributed by atoms with van der Waals surface area (Å²) in [5.74, 6) is 0. The van der Waals surface area contributed by atoms with Crippen LogP contribution in [-0.2, 0) is 6.42 Å². The second-order valence-electron chi connectivity index (χ2n) is 8.95. The Bertz CT molecular complexity index is 420. The lowest BCUT2D eigenvalue weighted by Gasteiger charge is -2.10. The summed E-state index contributed by atoms with van der Waals surface area (Å²) in [6, 6.07) is 10.9. The molecule has 1 unspecified atom stereocenters. The third-order valence-corrected chi connectivity index (χ3v) is 6.27. The molecule has 0 saturated carbocycles. The summed E-state index contributed by atoms with van der Waals surface area (Å²) in [7, 11) is 2.31. The van der Waals surface area contributed by atoms with Gasteiger partial charge in [0.2, 0.25) is 0 Å². The third-order valence-electron chi connectivity index (χ3n) is 6.27. The van der Waals surface area contributed by atoms with E-state index in [4.69, 9.17) is 0 Å². The lowest BCUT2D eigenvalue weighted by atomic mass is 10.0. The molecule has 0 aliphatic heterocycles. The number of hydrogen-bond donors (Lipinski definition) is 1. The van der Waals surface area contributed by atoms with Crippen LogP contribution in [0.25, 0.3) is 0 Å². The van der Waals surface area contributed by atoms with Crippen molar-refractivity contribution in [3.8, 4) is 0 Å². The van der Waals surface area contributed by atoms with Crippen molar-refractivity contribution in [3.63, 3.8) is 0 Å². The number of nitrogens with one attached hydrogen (secondary N) is 1. The summed E-state index contributed by atoms with van der Waals surface area (Å²) >= 11 is 0. The minimum Gasteiger partial charge on any atom is -1.00 e. The van der Waals surface area contributed by atoms with Crippen LogP contribution < -0.4 is 17.3 Å². The number of aryl methyl sites for hydroxylation is 1. The van der Waals surface area contributed by atoms with Gasteiger partial charge in [-0.2, -0.15) is 0 Å². The van der Waals surface area contributed by atoms with E-state index in [0.29, 0.717) is 0 Å². The first-order chi connectivity index (χ1) is 13.8. The zero-order valence-electron chi connectivity index (χ0n) is 19.7. The second kappa shape index (κ2) is 22.2. The van der Waals surface area contributed by atoms with E-state index < -0.39 is 0 Å². The summed E-state index contributed by atoms with van der Waals surface area (Å²) in [6.45, 7) is 4.92. The fraction of sp³-hybridized carbons (Fsp3) is 0.778. The van der Waals surface area contributed by atoms with Crippen molar-refractivity contribution in [2.75, 3.05) is 20.1 Å². The molecule has 1 nitrogen and oxygen atoms in total. The first-order valence-corrected chi connectivity index (χ1v) is 12.7. The number of unbranched alkanes of at least 4 members (excludes halogenated alkanes) is 15. The maximum Gasteiger partial charge on any atom is 0.0768 e. The van der Waals surface area contributed by atoms with Crippen molar-refractivity contribution in [2.45, 2.75) is 116 Å². The van der Waals surface area contributed by atoms with Gasteiger partial charge in [0.05, 0.1) is 20.1 Å². The smallest absolute Gasteiger partial charge is 0.0768 e. The predicted octanol–water partition coefficient (Wildman–Crippen LogP) is 4.01. The van der Waals surface area contributed by atoms with Crippen LogP contribution in [0.15, 0.2) is 30.3 Å². The Labute approximate surface area is 189 Å². The molecule has 0 aromatic heterocycles. The molecule has 0 aliphatic carbocycles. The van der Waals surface area contributed by atoms with Crippen molar-refractivity contribution in [1.82, 2.24) is 0 Å². The van der Waals surface area contributed by atoms with Gasteiger partial charge >= 0.3 is 0 Å². The van der Waals surface area contributed by atoms with Gasteiger partial charge in [-0.1, -0.05) is 114 Å². The number of halogens is 1. The van der Waals surface area contributed by atoms with E-state index in [1.165, 1.54) is 128 Å². The van der Waals surface area contributed by atoms with Gasteiger partial charge in [-0.05, 0) is 38.2 Å². The average Bonchev–Trinajstić information content (AvgIpc) is 2.73. The van der Waals surface area contributed by atoms with E-state index in [1.807, 2.05) is 0 Å². The van der Waals surface area contributed by atoms with Crippen LogP contribution in [0, 0.1) is 0 Å². The lowest BCUT2D eigenvalue weighted by molar-refractivity contribution is -0.877. The molecular formula is C27H50ClN. The largest absolute Gasteiger partial charge is 1.00 e. The molecule has 0 amide bonds. The van der Waals surface area contributed by atoms with E-state index in [2.05, 4.69) is 44.3 Å². The van der Waals surface area contributed by atoms with Crippen LogP contribution in [0.1, 0.15) is 115 Å². The molecule has 0 aliphatic rings. The van der Waals surface area contributed by atoms with Crippen LogP contribution in [0.5, 0.6) is 0 Å². The van der Waals surface area contributed by atoms with Crippen molar-refractivity contribution in [3.05, 3.63) is 35.9 Å². The maximum atomic E-state index is 2.31. The molecule has 0 heterocycles. The Hall–Kier alpha value is -0.530. The van der Waals surface area contributed by atoms with Gasteiger partial charge in [0.15, 0.2) is 0 Å². The van der Waals surface area contributed by atoms with E-state index in [1.54, 1.807) is 4.90 Å². The third kappa shape index (κ3) is 19.2. The SMILES string of the molecule is CC[NH+](C)CCCCCCCCCCCCCCCCCCc1ccccc1.[Cl-]. The van der Waals surface area contributed by atoms with Crippen molar-refractivity contribution in [2.24, 2.45) is 0 Å². The van der Waals surface area contributed by atoms with Gasteiger partial charge in [0, 0.05) is 0 Å². The monoisotopic (exact) mass is 423 g/mol. The number of benzene rings is 1. The highest BCUT2D eigenvalue weighted by Crippen LogP contribution is 2.14. The molecule has 1 aromatic rings. The summed E-state index contributed by atoms with van der Waals surface area (Å²) in [6.07, 6.45) is 24.5. The molecule has 1 N–H and O–H groups in total. The summed E-state index contributed by atoms with van der Waals surface area (Å²) in [5, 5.41) is 0. The van der Waals surface area contributed by atoms with Gasteiger partial charge in [-0.3, -0.25) is 0 Å². The van der Waals surface area contributed by atoms with Crippen molar-refractivity contribution < 1.29 is 17.3 Å². The Balaban J connectivity index is 0.00000784. The van der Waals surface area contributed by atoms with E-state index in [9.17, 15) is 0 Å². The van der Waals surface area contributed by atoms with Gasteiger partial charge < -0.3 is 17.3 Å². The second-order valence-corrected chi connectivity index (χ2v) is 8.95. The van der Waals surface area contributed by atoms with E-state index in [-0.39, 0.29) is 12.4 Å². The van der Waals surface area contributed by atoms with Crippen LogP contribution in [-0.4, -0.2) is 20.1 Å². The Morgan fingerprint density at radius 3 is 1.34 bits per heavy atom. The Kier molecular flexibility index (Phi) is 21.8. The minimum absolute atomic E-state index is 0. The summed E-state index contributed by atoms with van der Waals surface area (Å²) in [4.78, 5) is 1.68. The summed E-state index contributed by atoms with van der Waals surface area (Å²) in [5.41, 5.74) is 1.50. The van der Waals surface area contributed by atoms with Crippen LogP contribution in [0.3, 0.4) is 0 Å². The molecule has 1 aromatic carbocycles. The molecule has 170 valence electrons. The van der Waals surface area contributed by atoms with Crippen LogP contribution in [0.2, 0.25) is 0 Å². The maximum absolute atomic E-state index is 2.31. The molecule has 2 heteroatoms. The van der Waals surface area contributed by atoms with E-state index in [0.717, 1.165) is 0 Å². The summed E-state index contributed by atoms with van der Waals surface area (Å²) < 4.78 is 0. The molecule has 0 saturated heterocycles. The molecular weight excluding hydrogens is 374 g/mol. The molecule has 0 fully saturated rings. The highest BCUT2D eigenvalue weighted by molar-refractivity contribution is 5.14. The van der Waals surface area contributed by atoms with Crippen LogP contribution >= 0.6 is 0 Å². The van der Waals surface area contributed by atoms with E-state index >= 15 is 0 Å².